The van der Waals surface area contributed by atoms with Crippen molar-refractivity contribution >= 4 is 5.65 Å². The molecule has 0 spiro atoms. The first-order valence-electron chi connectivity index (χ1n) is 7.66. The van der Waals surface area contributed by atoms with Crippen molar-refractivity contribution in [2.75, 3.05) is 20.2 Å². The number of hydrogen-bond acceptors (Lipinski definition) is 4. The molecule has 3 rings (SSSR count). The van der Waals surface area contributed by atoms with E-state index in [1.54, 1.807) is 30.5 Å². The van der Waals surface area contributed by atoms with E-state index >= 15 is 0 Å². The lowest BCUT2D eigenvalue weighted by atomic mass is 10.3. The molecule has 0 amide bonds. The van der Waals surface area contributed by atoms with E-state index in [4.69, 9.17) is 4.74 Å². The number of pyridine rings is 1. The van der Waals surface area contributed by atoms with E-state index in [1.807, 2.05) is 24.1 Å². The summed E-state index contributed by atoms with van der Waals surface area (Å²) in [5, 5.41) is 0. The number of ether oxygens (including phenoxy) is 1. The van der Waals surface area contributed by atoms with Crippen LogP contribution >= 0.6 is 0 Å². The molecule has 124 valence electrons. The Bertz CT molecular complexity index is 877. The van der Waals surface area contributed by atoms with Gasteiger partial charge in [-0.25, -0.2) is 9.37 Å². The summed E-state index contributed by atoms with van der Waals surface area (Å²) in [6.45, 7) is 1.68. The molecule has 0 aliphatic rings. The van der Waals surface area contributed by atoms with Crippen LogP contribution in [0.25, 0.3) is 5.65 Å². The topological polar surface area (TPSA) is 46.8 Å². The first kappa shape index (κ1) is 16.1. The monoisotopic (exact) mass is 327 g/mol. The lowest BCUT2D eigenvalue weighted by molar-refractivity contribution is 0.231. The molecule has 2 aromatic heterocycles. The molecule has 0 N–H and O–H groups in total. The van der Waals surface area contributed by atoms with Crippen molar-refractivity contribution in [3.63, 3.8) is 0 Å². The minimum absolute atomic E-state index is 0.0911. The molecular formula is C18H18FN3O2. The fraction of sp³-hybridized carbons (Fsp3) is 0.222. The number of rotatable bonds is 6. The first-order valence-corrected chi connectivity index (χ1v) is 7.66. The number of aromatic nitrogens is 2. The molecule has 0 bridgehead atoms. The van der Waals surface area contributed by atoms with Crippen LogP contribution in [0.1, 0.15) is 5.69 Å². The van der Waals surface area contributed by atoms with Crippen molar-refractivity contribution in [1.82, 2.24) is 14.3 Å². The Labute approximate surface area is 138 Å². The van der Waals surface area contributed by atoms with Crippen LogP contribution in [0.15, 0.2) is 59.5 Å². The third kappa shape index (κ3) is 3.97. The van der Waals surface area contributed by atoms with E-state index in [-0.39, 0.29) is 11.4 Å². The standard InChI is InChI=1S/C18H18FN3O2/c1-21(10-11-24-16-7-5-14(19)6-8-16)13-15-12-18(23)22-9-3-2-4-17(22)20-15/h2-9,12H,10-11,13H2,1H3. The number of halogens is 1. The van der Waals surface area contributed by atoms with Crippen molar-refractivity contribution in [3.05, 3.63) is 76.6 Å². The summed E-state index contributed by atoms with van der Waals surface area (Å²) in [4.78, 5) is 18.6. The maximum absolute atomic E-state index is 12.8. The van der Waals surface area contributed by atoms with Crippen LogP contribution in [0.3, 0.4) is 0 Å². The van der Waals surface area contributed by atoms with E-state index < -0.39 is 0 Å². The Balaban J connectivity index is 1.57. The predicted octanol–water partition coefficient (Wildman–Crippen LogP) is 2.34. The van der Waals surface area contributed by atoms with Crippen molar-refractivity contribution in [3.8, 4) is 5.75 Å². The van der Waals surface area contributed by atoms with Gasteiger partial charge in [0.05, 0.1) is 5.69 Å². The Hall–Kier alpha value is -2.73. The number of benzene rings is 1. The Morgan fingerprint density at radius 3 is 2.79 bits per heavy atom. The number of hydrogen-bond donors (Lipinski definition) is 0. The quantitative estimate of drug-likeness (QED) is 0.697. The van der Waals surface area contributed by atoms with E-state index in [9.17, 15) is 9.18 Å². The number of nitrogens with zero attached hydrogens (tertiary/aromatic N) is 3. The van der Waals surface area contributed by atoms with Gasteiger partial charge in [-0.2, -0.15) is 0 Å². The number of likely N-dealkylation sites (N-methyl/N-ethyl adjacent to an activating group) is 1. The highest BCUT2D eigenvalue weighted by Gasteiger charge is 2.06. The molecule has 0 unspecified atom stereocenters. The van der Waals surface area contributed by atoms with E-state index in [0.29, 0.717) is 31.1 Å². The molecule has 5 nitrogen and oxygen atoms in total. The van der Waals surface area contributed by atoms with Crippen molar-refractivity contribution < 1.29 is 9.13 Å². The minimum Gasteiger partial charge on any atom is -0.492 e. The zero-order valence-electron chi connectivity index (χ0n) is 13.4. The summed E-state index contributed by atoms with van der Waals surface area (Å²) in [5.74, 6) is 0.347. The summed E-state index contributed by atoms with van der Waals surface area (Å²) in [6.07, 6.45) is 1.70. The molecule has 0 fully saturated rings. The normalized spacial score (nSPS) is 11.1. The molecule has 0 aliphatic carbocycles. The largest absolute Gasteiger partial charge is 0.492 e. The third-order valence-electron chi connectivity index (χ3n) is 3.61. The maximum atomic E-state index is 12.8. The molecule has 0 saturated heterocycles. The van der Waals surface area contributed by atoms with Crippen LogP contribution in [-0.2, 0) is 6.54 Å². The molecule has 0 radical (unpaired) electrons. The van der Waals surface area contributed by atoms with Crippen LogP contribution in [0.2, 0.25) is 0 Å². The molecule has 0 atom stereocenters. The fourth-order valence-corrected chi connectivity index (χ4v) is 2.39. The maximum Gasteiger partial charge on any atom is 0.258 e. The second-order valence-corrected chi connectivity index (χ2v) is 5.55. The zero-order valence-corrected chi connectivity index (χ0v) is 13.4. The van der Waals surface area contributed by atoms with Gasteiger partial charge in [-0.1, -0.05) is 6.07 Å². The minimum atomic E-state index is -0.284. The fourth-order valence-electron chi connectivity index (χ4n) is 2.39. The highest BCUT2D eigenvalue weighted by atomic mass is 19.1. The third-order valence-corrected chi connectivity index (χ3v) is 3.61. The second kappa shape index (κ2) is 7.23. The Morgan fingerprint density at radius 2 is 2.00 bits per heavy atom. The van der Waals surface area contributed by atoms with Crippen LogP contribution in [-0.4, -0.2) is 34.5 Å². The van der Waals surface area contributed by atoms with Crippen molar-refractivity contribution in [2.24, 2.45) is 0 Å². The summed E-state index contributed by atoms with van der Waals surface area (Å²) in [5.41, 5.74) is 1.26. The summed E-state index contributed by atoms with van der Waals surface area (Å²) in [6, 6.07) is 12.9. The van der Waals surface area contributed by atoms with Gasteiger partial charge in [0.15, 0.2) is 0 Å². The SMILES string of the molecule is CN(CCOc1ccc(F)cc1)Cc1cc(=O)n2ccccc2n1. The summed E-state index contributed by atoms with van der Waals surface area (Å²) < 4.78 is 19.9. The Kier molecular flexibility index (Phi) is 4.86. The Morgan fingerprint density at radius 1 is 1.21 bits per heavy atom. The molecule has 24 heavy (non-hydrogen) atoms. The van der Waals surface area contributed by atoms with Crippen LogP contribution in [0, 0.1) is 5.82 Å². The average molecular weight is 327 g/mol. The lowest BCUT2D eigenvalue weighted by Gasteiger charge is -2.16. The van der Waals surface area contributed by atoms with Gasteiger partial charge in [0.1, 0.15) is 23.8 Å². The van der Waals surface area contributed by atoms with E-state index in [2.05, 4.69) is 4.98 Å². The second-order valence-electron chi connectivity index (χ2n) is 5.55. The highest BCUT2D eigenvalue weighted by Crippen LogP contribution is 2.11. The van der Waals surface area contributed by atoms with Gasteiger partial charge in [0.25, 0.3) is 5.56 Å². The molecule has 0 aliphatic heterocycles. The van der Waals surface area contributed by atoms with Gasteiger partial charge in [-0.15, -0.1) is 0 Å². The molecule has 0 saturated carbocycles. The first-order chi connectivity index (χ1) is 11.6. The van der Waals surface area contributed by atoms with Gasteiger partial charge < -0.3 is 4.74 Å². The van der Waals surface area contributed by atoms with Crippen LogP contribution < -0.4 is 10.3 Å². The summed E-state index contributed by atoms with van der Waals surface area (Å²) >= 11 is 0. The van der Waals surface area contributed by atoms with Crippen molar-refractivity contribution in [2.45, 2.75) is 6.54 Å². The predicted molar refractivity (Wildman–Crippen MR) is 89.7 cm³/mol. The average Bonchev–Trinajstić information content (AvgIpc) is 2.57. The molecule has 2 heterocycles. The molecular weight excluding hydrogens is 309 g/mol. The number of fused-ring (bicyclic) bond motifs is 1. The molecule has 6 heteroatoms. The van der Waals surface area contributed by atoms with Gasteiger partial charge >= 0.3 is 0 Å². The van der Waals surface area contributed by atoms with Gasteiger partial charge in [0, 0.05) is 25.4 Å². The lowest BCUT2D eigenvalue weighted by Crippen LogP contribution is -2.26. The van der Waals surface area contributed by atoms with E-state index in [0.717, 1.165) is 5.69 Å². The van der Waals surface area contributed by atoms with Gasteiger partial charge in [-0.05, 0) is 43.4 Å². The molecule has 1 aromatic carbocycles. The summed E-state index contributed by atoms with van der Waals surface area (Å²) in [7, 11) is 1.93. The van der Waals surface area contributed by atoms with Crippen LogP contribution in [0.4, 0.5) is 4.39 Å². The highest BCUT2D eigenvalue weighted by molar-refractivity contribution is 5.37. The van der Waals surface area contributed by atoms with Gasteiger partial charge in [-0.3, -0.25) is 14.1 Å². The van der Waals surface area contributed by atoms with Crippen LogP contribution in [0.5, 0.6) is 5.75 Å². The van der Waals surface area contributed by atoms with E-state index in [1.165, 1.54) is 16.5 Å². The smallest absolute Gasteiger partial charge is 0.258 e. The zero-order chi connectivity index (χ0) is 16.9. The molecule has 3 aromatic rings. The van der Waals surface area contributed by atoms with Gasteiger partial charge in [0.2, 0.25) is 0 Å². The van der Waals surface area contributed by atoms with Crippen molar-refractivity contribution in [1.29, 1.82) is 0 Å².